The molecule has 0 aliphatic rings. The van der Waals surface area contributed by atoms with Crippen LogP contribution in [0.5, 0.6) is 0 Å². The van der Waals surface area contributed by atoms with Crippen molar-refractivity contribution in [3.05, 3.63) is 70.1 Å². The van der Waals surface area contributed by atoms with E-state index in [1.54, 1.807) is 11.3 Å². The highest BCUT2D eigenvalue weighted by atomic mass is 32.1. The quantitative estimate of drug-likeness (QED) is 0.736. The monoisotopic (exact) mass is 281 g/mol. The van der Waals surface area contributed by atoms with Gasteiger partial charge in [-0.3, -0.25) is 0 Å². The standard InChI is InChI=1S/C18H19NS/c1-12-7-8-14(9-13(12)2)17(19)10-15-11-20-18-6-4-3-5-16(15)18/h3-9,11,17H,10,19H2,1-2H3. The Morgan fingerprint density at radius 2 is 1.85 bits per heavy atom. The molecule has 2 N–H and O–H groups in total. The maximum atomic E-state index is 6.40. The van der Waals surface area contributed by atoms with Crippen molar-refractivity contribution in [2.45, 2.75) is 26.3 Å². The molecule has 0 fully saturated rings. The lowest BCUT2D eigenvalue weighted by atomic mass is 9.96. The molecule has 20 heavy (non-hydrogen) atoms. The average molecular weight is 281 g/mol. The largest absolute Gasteiger partial charge is 0.324 e. The van der Waals surface area contributed by atoms with Gasteiger partial charge in [0.2, 0.25) is 0 Å². The van der Waals surface area contributed by atoms with Crippen LogP contribution < -0.4 is 5.73 Å². The first-order valence-electron chi connectivity index (χ1n) is 6.93. The lowest BCUT2D eigenvalue weighted by Crippen LogP contribution is -2.13. The van der Waals surface area contributed by atoms with Crippen molar-refractivity contribution in [3.8, 4) is 0 Å². The SMILES string of the molecule is Cc1ccc(C(N)Cc2csc3ccccc23)cc1C. The zero-order valence-corrected chi connectivity index (χ0v) is 12.7. The third-order valence-corrected chi connectivity index (χ3v) is 4.97. The lowest BCUT2D eigenvalue weighted by Gasteiger charge is -2.13. The highest BCUT2D eigenvalue weighted by Gasteiger charge is 2.11. The van der Waals surface area contributed by atoms with Gasteiger partial charge in [-0.05, 0) is 59.4 Å². The molecule has 1 unspecified atom stereocenters. The summed E-state index contributed by atoms with van der Waals surface area (Å²) in [4.78, 5) is 0. The molecule has 1 atom stereocenters. The van der Waals surface area contributed by atoms with Crippen LogP contribution in [-0.4, -0.2) is 0 Å². The van der Waals surface area contributed by atoms with Gasteiger partial charge < -0.3 is 5.73 Å². The Morgan fingerprint density at radius 1 is 1.05 bits per heavy atom. The third kappa shape index (κ3) is 2.49. The van der Waals surface area contributed by atoms with Crippen LogP contribution in [0.1, 0.15) is 28.3 Å². The summed E-state index contributed by atoms with van der Waals surface area (Å²) in [5.74, 6) is 0. The van der Waals surface area contributed by atoms with Crippen LogP contribution in [0.25, 0.3) is 10.1 Å². The fourth-order valence-corrected chi connectivity index (χ4v) is 3.52. The molecule has 2 heteroatoms. The minimum Gasteiger partial charge on any atom is -0.324 e. The summed E-state index contributed by atoms with van der Waals surface area (Å²) in [6.07, 6.45) is 0.895. The minimum atomic E-state index is 0.0623. The number of nitrogens with two attached hydrogens (primary N) is 1. The number of hydrogen-bond donors (Lipinski definition) is 1. The molecule has 0 aliphatic heterocycles. The molecule has 102 valence electrons. The number of thiophene rings is 1. The summed E-state index contributed by atoms with van der Waals surface area (Å²) in [6, 6.07) is 15.1. The topological polar surface area (TPSA) is 26.0 Å². The number of aryl methyl sites for hydroxylation is 2. The second-order valence-electron chi connectivity index (χ2n) is 5.41. The number of rotatable bonds is 3. The smallest absolute Gasteiger partial charge is 0.0345 e. The number of benzene rings is 2. The summed E-state index contributed by atoms with van der Waals surface area (Å²) in [5.41, 5.74) is 11.6. The van der Waals surface area contributed by atoms with E-state index in [1.165, 1.54) is 32.3 Å². The highest BCUT2D eigenvalue weighted by Crippen LogP contribution is 2.29. The van der Waals surface area contributed by atoms with Crippen LogP contribution in [0.3, 0.4) is 0 Å². The molecule has 1 nitrogen and oxygen atoms in total. The summed E-state index contributed by atoms with van der Waals surface area (Å²) >= 11 is 1.80. The van der Waals surface area contributed by atoms with Gasteiger partial charge >= 0.3 is 0 Å². The minimum absolute atomic E-state index is 0.0623. The Hall–Kier alpha value is -1.64. The van der Waals surface area contributed by atoms with Crippen molar-refractivity contribution in [2.24, 2.45) is 5.73 Å². The van der Waals surface area contributed by atoms with E-state index in [9.17, 15) is 0 Å². The second kappa shape index (κ2) is 5.39. The van der Waals surface area contributed by atoms with E-state index >= 15 is 0 Å². The zero-order valence-electron chi connectivity index (χ0n) is 11.9. The van der Waals surface area contributed by atoms with Crippen molar-refractivity contribution in [3.63, 3.8) is 0 Å². The first-order valence-corrected chi connectivity index (χ1v) is 7.81. The Balaban J connectivity index is 1.88. The van der Waals surface area contributed by atoms with Crippen molar-refractivity contribution >= 4 is 21.4 Å². The van der Waals surface area contributed by atoms with Crippen LogP contribution >= 0.6 is 11.3 Å². The third-order valence-electron chi connectivity index (χ3n) is 3.96. The van der Waals surface area contributed by atoms with Crippen LogP contribution in [0.2, 0.25) is 0 Å². The summed E-state index contributed by atoms with van der Waals surface area (Å²) in [7, 11) is 0. The van der Waals surface area contributed by atoms with E-state index in [-0.39, 0.29) is 6.04 Å². The predicted octanol–water partition coefficient (Wildman–Crippen LogP) is 4.76. The van der Waals surface area contributed by atoms with Gasteiger partial charge in [-0.15, -0.1) is 11.3 Å². The molecule has 2 aromatic carbocycles. The Kier molecular flexibility index (Phi) is 3.60. The molecule has 3 aromatic rings. The van der Waals surface area contributed by atoms with E-state index in [1.807, 2.05) is 0 Å². The molecular formula is C18H19NS. The van der Waals surface area contributed by atoms with Crippen LogP contribution in [0.4, 0.5) is 0 Å². The zero-order chi connectivity index (χ0) is 14.1. The van der Waals surface area contributed by atoms with Gasteiger partial charge in [-0.2, -0.15) is 0 Å². The number of hydrogen-bond acceptors (Lipinski definition) is 2. The summed E-state index contributed by atoms with van der Waals surface area (Å²) in [5, 5.41) is 3.59. The molecule has 0 radical (unpaired) electrons. The fourth-order valence-electron chi connectivity index (χ4n) is 2.54. The van der Waals surface area contributed by atoms with Crippen LogP contribution in [0, 0.1) is 13.8 Å². The first-order chi connectivity index (χ1) is 9.65. The molecule has 1 aromatic heterocycles. The van der Waals surface area contributed by atoms with Gasteiger partial charge in [0.15, 0.2) is 0 Å². The van der Waals surface area contributed by atoms with Gasteiger partial charge in [0, 0.05) is 10.7 Å². The molecular weight excluding hydrogens is 262 g/mol. The highest BCUT2D eigenvalue weighted by molar-refractivity contribution is 7.17. The average Bonchev–Trinajstić information content (AvgIpc) is 2.85. The number of fused-ring (bicyclic) bond motifs is 1. The summed E-state index contributed by atoms with van der Waals surface area (Å²) in [6.45, 7) is 4.28. The van der Waals surface area contributed by atoms with Crippen LogP contribution in [-0.2, 0) is 6.42 Å². The molecule has 0 aliphatic carbocycles. The Bertz CT molecular complexity index is 742. The first kappa shape index (κ1) is 13.3. The Labute approximate surface area is 124 Å². The van der Waals surface area contributed by atoms with E-state index in [0.717, 1.165) is 6.42 Å². The molecule has 3 rings (SSSR count). The van der Waals surface area contributed by atoms with Gasteiger partial charge in [0.1, 0.15) is 0 Å². The maximum absolute atomic E-state index is 6.40. The van der Waals surface area contributed by atoms with Crippen molar-refractivity contribution in [2.75, 3.05) is 0 Å². The van der Waals surface area contributed by atoms with Gasteiger partial charge in [0.05, 0.1) is 0 Å². The van der Waals surface area contributed by atoms with Crippen molar-refractivity contribution in [1.82, 2.24) is 0 Å². The van der Waals surface area contributed by atoms with Crippen molar-refractivity contribution in [1.29, 1.82) is 0 Å². The summed E-state index contributed by atoms with van der Waals surface area (Å²) < 4.78 is 1.34. The van der Waals surface area contributed by atoms with Crippen LogP contribution in [0.15, 0.2) is 47.8 Å². The molecule has 0 bridgehead atoms. The molecule has 0 spiro atoms. The van der Waals surface area contributed by atoms with E-state index < -0.39 is 0 Å². The van der Waals surface area contributed by atoms with E-state index in [4.69, 9.17) is 5.73 Å². The normalized spacial score (nSPS) is 12.8. The lowest BCUT2D eigenvalue weighted by molar-refractivity contribution is 0.725. The van der Waals surface area contributed by atoms with E-state index in [2.05, 4.69) is 61.7 Å². The van der Waals surface area contributed by atoms with Gasteiger partial charge in [0.25, 0.3) is 0 Å². The fraction of sp³-hybridized carbons (Fsp3) is 0.222. The maximum Gasteiger partial charge on any atom is 0.0345 e. The molecule has 0 saturated heterocycles. The Morgan fingerprint density at radius 3 is 2.65 bits per heavy atom. The molecule has 1 heterocycles. The van der Waals surface area contributed by atoms with Gasteiger partial charge in [-0.1, -0.05) is 36.4 Å². The predicted molar refractivity (Wildman–Crippen MR) is 88.4 cm³/mol. The van der Waals surface area contributed by atoms with E-state index in [0.29, 0.717) is 0 Å². The second-order valence-corrected chi connectivity index (χ2v) is 6.32. The molecule has 0 saturated carbocycles. The van der Waals surface area contributed by atoms with Gasteiger partial charge in [-0.25, -0.2) is 0 Å². The van der Waals surface area contributed by atoms with Crippen molar-refractivity contribution < 1.29 is 0 Å². The molecule has 0 amide bonds.